The van der Waals surface area contributed by atoms with Crippen molar-refractivity contribution < 1.29 is 37.7 Å². The zero-order valence-electron chi connectivity index (χ0n) is 19.4. The summed E-state index contributed by atoms with van der Waals surface area (Å²) in [6.45, 7) is 12.4. The number of aliphatic hydroxyl groups excluding tert-OH is 1. The number of amides is 2. The molecule has 1 aromatic rings. The van der Waals surface area contributed by atoms with Crippen molar-refractivity contribution >= 4 is 12.2 Å². The van der Waals surface area contributed by atoms with Crippen molar-refractivity contribution in [2.24, 2.45) is 0 Å². The van der Waals surface area contributed by atoms with Crippen molar-refractivity contribution in [3.05, 3.63) is 29.8 Å². The van der Waals surface area contributed by atoms with Gasteiger partial charge in [-0.05, 0) is 53.7 Å². The summed E-state index contributed by atoms with van der Waals surface area (Å²) < 4.78 is 41.5. The summed E-state index contributed by atoms with van der Waals surface area (Å²) in [7, 11) is 0. The first-order valence-electron chi connectivity index (χ1n) is 10.4. The van der Waals surface area contributed by atoms with Crippen molar-refractivity contribution in [3.63, 3.8) is 0 Å². The fourth-order valence-electron chi connectivity index (χ4n) is 2.66. The largest absolute Gasteiger partial charge is 0.487 e. The normalized spacial score (nSPS) is 16.9. The zero-order chi connectivity index (χ0) is 24.3. The molecule has 2 aliphatic rings. The van der Waals surface area contributed by atoms with Crippen LogP contribution in [0.25, 0.3) is 0 Å². The average Bonchev–Trinajstić information content (AvgIpc) is 2.55. The summed E-state index contributed by atoms with van der Waals surface area (Å²) in [6.07, 6.45) is -1.33. The second-order valence-electron chi connectivity index (χ2n) is 9.74. The first-order valence-corrected chi connectivity index (χ1v) is 10.4. The lowest BCUT2D eigenvalue weighted by Crippen LogP contribution is -2.57. The van der Waals surface area contributed by atoms with Crippen LogP contribution >= 0.6 is 0 Å². The highest BCUT2D eigenvalue weighted by Gasteiger charge is 2.35. The van der Waals surface area contributed by atoms with Gasteiger partial charge in [0.05, 0.1) is 32.3 Å². The third kappa shape index (κ3) is 8.14. The molecule has 3 rings (SSSR count). The minimum Gasteiger partial charge on any atom is -0.487 e. The molecule has 2 heterocycles. The minimum atomic E-state index is -0.953. The zero-order valence-corrected chi connectivity index (χ0v) is 19.4. The number of carbonyl (C=O) groups is 2. The fourth-order valence-corrected chi connectivity index (χ4v) is 2.66. The van der Waals surface area contributed by atoms with E-state index in [0.717, 1.165) is 12.1 Å². The highest BCUT2D eigenvalue weighted by Crippen LogP contribution is 2.22. The highest BCUT2D eigenvalue weighted by atomic mass is 19.2. The number of benzene rings is 1. The molecule has 8 nitrogen and oxygen atoms in total. The Bertz CT molecular complexity index is 810. The number of nitrogens with zero attached hydrogens (tertiary/aromatic N) is 2. The van der Waals surface area contributed by atoms with Crippen LogP contribution in [-0.2, 0) is 9.47 Å². The van der Waals surface area contributed by atoms with E-state index in [1.165, 1.54) is 15.9 Å². The number of likely N-dealkylation sites (tertiary alicyclic amines) is 2. The van der Waals surface area contributed by atoms with Gasteiger partial charge in [0.15, 0.2) is 11.6 Å². The van der Waals surface area contributed by atoms with Crippen molar-refractivity contribution in [3.8, 4) is 5.75 Å². The topological polar surface area (TPSA) is 88.5 Å². The highest BCUT2D eigenvalue weighted by molar-refractivity contribution is 5.69. The van der Waals surface area contributed by atoms with Crippen LogP contribution in [0.1, 0.15) is 41.5 Å². The maximum Gasteiger partial charge on any atom is 0.410 e. The van der Waals surface area contributed by atoms with Gasteiger partial charge < -0.3 is 29.1 Å². The van der Waals surface area contributed by atoms with Crippen LogP contribution in [0.2, 0.25) is 0 Å². The molecule has 0 atom stereocenters. The maximum absolute atomic E-state index is 13.0. The van der Waals surface area contributed by atoms with E-state index in [-0.39, 0.29) is 24.1 Å². The Balaban J connectivity index is 0.000000258. The van der Waals surface area contributed by atoms with Gasteiger partial charge in [0.1, 0.15) is 23.1 Å². The first kappa shape index (κ1) is 25.6. The molecule has 1 N–H and O–H groups in total. The van der Waals surface area contributed by atoms with Gasteiger partial charge in [0, 0.05) is 6.07 Å². The predicted octanol–water partition coefficient (Wildman–Crippen LogP) is 3.56. The lowest BCUT2D eigenvalue weighted by atomic mass is 10.1. The summed E-state index contributed by atoms with van der Waals surface area (Å²) >= 11 is 0. The lowest BCUT2D eigenvalue weighted by molar-refractivity contribution is -0.0303. The Hall–Kier alpha value is -2.62. The summed E-state index contributed by atoms with van der Waals surface area (Å²) in [5, 5.41) is 8.92. The van der Waals surface area contributed by atoms with Gasteiger partial charge in [-0.1, -0.05) is 0 Å². The predicted molar refractivity (Wildman–Crippen MR) is 112 cm³/mol. The number of β-amino-alcohol motifs (C(OH)–C–C–N with tert-alkyl or cyclic N) is 1. The molecule has 0 unspecified atom stereocenters. The Morgan fingerprint density at radius 2 is 1.34 bits per heavy atom. The van der Waals surface area contributed by atoms with Gasteiger partial charge >= 0.3 is 12.2 Å². The van der Waals surface area contributed by atoms with Crippen LogP contribution in [0.15, 0.2) is 18.2 Å². The average molecular weight is 459 g/mol. The third-order valence-electron chi connectivity index (χ3n) is 4.21. The molecule has 0 spiro atoms. The number of hydrogen-bond donors (Lipinski definition) is 1. The molecule has 2 saturated heterocycles. The van der Waals surface area contributed by atoms with E-state index < -0.39 is 28.9 Å². The summed E-state index contributed by atoms with van der Waals surface area (Å²) in [5.74, 6) is -1.62. The smallest absolute Gasteiger partial charge is 0.410 e. The minimum absolute atomic E-state index is 0.229. The molecule has 180 valence electrons. The van der Waals surface area contributed by atoms with E-state index in [9.17, 15) is 18.4 Å². The Kier molecular flexibility index (Phi) is 7.92. The molecule has 0 radical (unpaired) electrons. The molecular formula is C22H32F2N2O6. The van der Waals surface area contributed by atoms with Crippen LogP contribution < -0.4 is 4.74 Å². The Labute approximate surface area is 187 Å². The van der Waals surface area contributed by atoms with Crippen LogP contribution in [0.3, 0.4) is 0 Å². The molecule has 0 aliphatic carbocycles. The van der Waals surface area contributed by atoms with Gasteiger partial charge in [-0.2, -0.15) is 0 Å². The van der Waals surface area contributed by atoms with E-state index in [1.54, 1.807) is 20.8 Å². The SMILES string of the molecule is CC(C)(C)OC(=O)N1CC(O)C1.CC(C)(C)OC(=O)N1CC(Oc2ccc(F)c(F)c2)C1. The van der Waals surface area contributed by atoms with E-state index >= 15 is 0 Å². The van der Waals surface area contributed by atoms with Crippen molar-refractivity contribution in [1.29, 1.82) is 0 Å². The molecule has 32 heavy (non-hydrogen) atoms. The van der Waals surface area contributed by atoms with Crippen molar-refractivity contribution in [1.82, 2.24) is 9.80 Å². The molecule has 1 aromatic carbocycles. The quantitative estimate of drug-likeness (QED) is 0.729. The molecule has 2 amide bonds. The van der Waals surface area contributed by atoms with Gasteiger partial charge in [-0.15, -0.1) is 0 Å². The number of rotatable bonds is 2. The number of carbonyl (C=O) groups excluding carboxylic acids is 2. The van der Waals surface area contributed by atoms with Crippen LogP contribution in [0.5, 0.6) is 5.75 Å². The maximum atomic E-state index is 13.0. The lowest BCUT2D eigenvalue weighted by Gasteiger charge is -2.39. The molecular weight excluding hydrogens is 426 g/mol. The second-order valence-corrected chi connectivity index (χ2v) is 9.74. The fraction of sp³-hybridized carbons (Fsp3) is 0.636. The molecule has 0 bridgehead atoms. The molecule has 0 saturated carbocycles. The van der Waals surface area contributed by atoms with Crippen LogP contribution in [0, 0.1) is 11.6 Å². The molecule has 2 aliphatic heterocycles. The monoisotopic (exact) mass is 458 g/mol. The van der Waals surface area contributed by atoms with E-state index in [2.05, 4.69) is 0 Å². The summed E-state index contributed by atoms with van der Waals surface area (Å²) in [6, 6.07) is 3.36. The second kappa shape index (κ2) is 9.89. The summed E-state index contributed by atoms with van der Waals surface area (Å²) in [4.78, 5) is 25.8. The molecule has 2 fully saturated rings. The first-order chi connectivity index (χ1) is 14.6. The van der Waals surface area contributed by atoms with Crippen LogP contribution in [0.4, 0.5) is 18.4 Å². The number of ether oxygens (including phenoxy) is 3. The number of aliphatic hydroxyl groups is 1. The van der Waals surface area contributed by atoms with E-state index in [1.807, 2.05) is 20.8 Å². The Morgan fingerprint density at radius 3 is 1.75 bits per heavy atom. The summed E-state index contributed by atoms with van der Waals surface area (Å²) in [5.41, 5.74) is -0.985. The third-order valence-corrected chi connectivity index (χ3v) is 4.21. The van der Waals surface area contributed by atoms with Gasteiger partial charge in [0.25, 0.3) is 0 Å². The molecule has 10 heteroatoms. The van der Waals surface area contributed by atoms with Crippen LogP contribution in [-0.4, -0.2) is 76.7 Å². The van der Waals surface area contributed by atoms with Gasteiger partial charge in [-0.3, -0.25) is 0 Å². The van der Waals surface area contributed by atoms with Crippen molar-refractivity contribution in [2.75, 3.05) is 26.2 Å². The van der Waals surface area contributed by atoms with E-state index in [4.69, 9.17) is 19.3 Å². The standard InChI is InChI=1S/C14H17F2NO3.C8H15NO3/c1-14(2,3)20-13(18)17-7-10(8-17)19-9-4-5-11(15)12(16)6-9;1-8(2,3)12-7(11)9-4-6(10)5-9/h4-6,10H,7-8H2,1-3H3;6,10H,4-5H2,1-3H3. The van der Waals surface area contributed by atoms with Gasteiger partial charge in [0.2, 0.25) is 0 Å². The number of hydrogen-bond acceptors (Lipinski definition) is 6. The van der Waals surface area contributed by atoms with Crippen molar-refractivity contribution in [2.45, 2.75) is 65.0 Å². The number of halogens is 2. The van der Waals surface area contributed by atoms with Gasteiger partial charge in [-0.25, -0.2) is 18.4 Å². The Morgan fingerprint density at radius 1 is 0.875 bits per heavy atom. The molecule has 0 aromatic heterocycles. The van der Waals surface area contributed by atoms with E-state index in [0.29, 0.717) is 26.2 Å².